The zero-order chi connectivity index (χ0) is 12.9. The third-order valence-electron chi connectivity index (χ3n) is 3.38. The first-order valence-corrected chi connectivity index (χ1v) is 6.10. The fraction of sp³-hybridized carbons (Fsp3) is 0.917. The number of alkyl halides is 3. The van der Waals surface area contributed by atoms with Crippen molar-refractivity contribution in [2.24, 2.45) is 17.8 Å². The van der Waals surface area contributed by atoms with E-state index in [1.54, 1.807) is 0 Å². The lowest BCUT2D eigenvalue weighted by atomic mass is 9.82. The molecule has 0 heterocycles. The van der Waals surface area contributed by atoms with Gasteiger partial charge in [0.2, 0.25) is 0 Å². The van der Waals surface area contributed by atoms with Gasteiger partial charge in [0.15, 0.2) is 5.92 Å². The van der Waals surface area contributed by atoms with Crippen molar-refractivity contribution in [1.29, 1.82) is 5.26 Å². The van der Waals surface area contributed by atoms with Gasteiger partial charge in [0.25, 0.3) is 0 Å². The molecule has 17 heavy (non-hydrogen) atoms. The molecule has 3 unspecified atom stereocenters. The summed E-state index contributed by atoms with van der Waals surface area (Å²) in [5, 5.41) is 11.2. The fourth-order valence-corrected chi connectivity index (χ4v) is 2.41. The Hall–Kier alpha value is -0.760. The van der Waals surface area contributed by atoms with Crippen molar-refractivity contribution >= 4 is 0 Å². The van der Waals surface area contributed by atoms with Crippen LogP contribution in [0.25, 0.3) is 0 Å². The third-order valence-corrected chi connectivity index (χ3v) is 3.38. The third kappa shape index (κ3) is 4.95. The smallest absolute Gasteiger partial charge is 0.315 e. The lowest BCUT2D eigenvalue weighted by Crippen LogP contribution is -2.35. The summed E-state index contributed by atoms with van der Waals surface area (Å²) in [6.45, 7) is 2.49. The molecule has 1 aliphatic rings. The second-order valence-corrected chi connectivity index (χ2v) is 5.02. The second kappa shape index (κ2) is 6.25. The Morgan fingerprint density at radius 1 is 1.41 bits per heavy atom. The monoisotopic (exact) mass is 248 g/mol. The molecule has 0 amide bonds. The Balaban J connectivity index is 2.25. The predicted molar refractivity (Wildman–Crippen MR) is 59.1 cm³/mol. The SMILES string of the molecule is CC1CCCC(CNCC(C#N)C(F)(F)F)C1. The quantitative estimate of drug-likeness (QED) is 0.829. The van der Waals surface area contributed by atoms with Crippen molar-refractivity contribution in [2.75, 3.05) is 13.1 Å². The molecular formula is C12H19F3N2. The fourth-order valence-electron chi connectivity index (χ4n) is 2.41. The number of hydrogen-bond donors (Lipinski definition) is 1. The van der Waals surface area contributed by atoms with E-state index in [2.05, 4.69) is 12.2 Å². The number of nitrogens with one attached hydrogen (secondary N) is 1. The van der Waals surface area contributed by atoms with Crippen LogP contribution in [0.3, 0.4) is 0 Å². The molecule has 0 radical (unpaired) electrons. The largest absolute Gasteiger partial charge is 0.405 e. The summed E-state index contributed by atoms with van der Waals surface area (Å²) in [4.78, 5) is 0. The van der Waals surface area contributed by atoms with E-state index in [9.17, 15) is 13.2 Å². The molecule has 1 N–H and O–H groups in total. The van der Waals surface area contributed by atoms with Gasteiger partial charge in [-0.3, -0.25) is 0 Å². The van der Waals surface area contributed by atoms with Crippen LogP contribution in [0.15, 0.2) is 0 Å². The van der Waals surface area contributed by atoms with Gasteiger partial charge in [-0.05, 0) is 31.2 Å². The van der Waals surface area contributed by atoms with Crippen LogP contribution in [-0.4, -0.2) is 19.3 Å². The van der Waals surface area contributed by atoms with Gasteiger partial charge in [-0.15, -0.1) is 0 Å². The zero-order valence-corrected chi connectivity index (χ0v) is 10.1. The number of nitrogens with zero attached hydrogens (tertiary/aromatic N) is 1. The maximum Gasteiger partial charge on any atom is 0.405 e. The molecule has 0 aromatic heterocycles. The van der Waals surface area contributed by atoms with E-state index in [1.165, 1.54) is 12.5 Å². The minimum absolute atomic E-state index is 0.287. The van der Waals surface area contributed by atoms with Gasteiger partial charge in [-0.2, -0.15) is 18.4 Å². The first-order valence-electron chi connectivity index (χ1n) is 6.10. The van der Waals surface area contributed by atoms with E-state index in [1.807, 2.05) is 0 Å². The Labute approximate surface area is 100 Å². The molecule has 0 saturated heterocycles. The van der Waals surface area contributed by atoms with Crippen LogP contribution in [0.5, 0.6) is 0 Å². The van der Waals surface area contributed by atoms with Crippen molar-refractivity contribution in [3.8, 4) is 6.07 Å². The van der Waals surface area contributed by atoms with Gasteiger partial charge in [0.1, 0.15) is 0 Å². The first kappa shape index (κ1) is 14.3. The molecule has 0 spiro atoms. The molecule has 1 fully saturated rings. The molecule has 1 aliphatic carbocycles. The molecular weight excluding hydrogens is 229 g/mol. The predicted octanol–water partition coefficient (Wildman–Crippen LogP) is 3.10. The molecule has 2 nitrogen and oxygen atoms in total. The minimum Gasteiger partial charge on any atom is -0.315 e. The highest BCUT2D eigenvalue weighted by Gasteiger charge is 2.39. The van der Waals surface area contributed by atoms with Crippen LogP contribution in [0.4, 0.5) is 13.2 Å². The maximum atomic E-state index is 12.3. The number of nitriles is 1. The van der Waals surface area contributed by atoms with E-state index in [0.29, 0.717) is 18.4 Å². The summed E-state index contributed by atoms with van der Waals surface area (Å²) >= 11 is 0. The molecule has 1 rings (SSSR count). The highest BCUT2D eigenvalue weighted by Crippen LogP contribution is 2.28. The van der Waals surface area contributed by atoms with Crippen molar-refractivity contribution in [3.05, 3.63) is 0 Å². The molecule has 3 atom stereocenters. The standard InChI is InChI=1S/C12H19F3N2/c1-9-3-2-4-10(5-9)7-17-8-11(6-16)12(13,14)15/h9-11,17H,2-5,7-8H2,1H3. The second-order valence-electron chi connectivity index (χ2n) is 5.02. The van der Waals surface area contributed by atoms with E-state index in [4.69, 9.17) is 5.26 Å². The Morgan fingerprint density at radius 2 is 2.12 bits per heavy atom. The summed E-state index contributed by atoms with van der Waals surface area (Å²) in [5.74, 6) is -0.750. The summed E-state index contributed by atoms with van der Waals surface area (Å²) in [7, 11) is 0. The first-order chi connectivity index (χ1) is 7.93. The van der Waals surface area contributed by atoms with Crippen molar-refractivity contribution < 1.29 is 13.2 Å². The average molecular weight is 248 g/mol. The number of rotatable bonds is 4. The van der Waals surface area contributed by atoms with Crippen LogP contribution < -0.4 is 5.32 Å². The van der Waals surface area contributed by atoms with Crippen LogP contribution in [0, 0.1) is 29.1 Å². The Morgan fingerprint density at radius 3 is 2.65 bits per heavy atom. The number of hydrogen-bond acceptors (Lipinski definition) is 2. The van der Waals surface area contributed by atoms with Crippen molar-refractivity contribution in [2.45, 2.75) is 38.8 Å². The van der Waals surface area contributed by atoms with Crippen LogP contribution in [0.2, 0.25) is 0 Å². The lowest BCUT2D eigenvalue weighted by molar-refractivity contribution is -0.157. The molecule has 0 aromatic carbocycles. The summed E-state index contributed by atoms with van der Waals surface area (Å²) in [6.07, 6.45) is 0.132. The molecule has 1 saturated carbocycles. The molecule has 0 aliphatic heterocycles. The van der Waals surface area contributed by atoms with Gasteiger partial charge < -0.3 is 5.32 Å². The van der Waals surface area contributed by atoms with Gasteiger partial charge in [0.05, 0.1) is 6.07 Å². The van der Waals surface area contributed by atoms with E-state index in [-0.39, 0.29) is 6.54 Å². The van der Waals surface area contributed by atoms with Gasteiger partial charge in [-0.25, -0.2) is 0 Å². The molecule has 0 bridgehead atoms. The van der Waals surface area contributed by atoms with Crippen LogP contribution in [-0.2, 0) is 0 Å². The molecule has 0 aromatic rings. The van der Waals surface area contributed by atoms with E-state index < -0.39 is 12.1 Å². The van der Waals surface area contributed by atoms with Gasteiger partial charge in [-0.1, -0.05) is 19.8 Å². The Kier molecular flexibility index (Phi) is 5.26. The lowest BCUT2D eigenvalue weighted by Gasteiger charge is -2.27. The summed E-state index contributed by atoms with van der Waals surface area (Å²) in [5.41, 5.74) is 0. The topological polar surface area (TPSA) is 35.8 Å². The number of halogens is 3. The summed E-state index contributed by atoms with van der Waals surface area (Å²) in [6, 6.07) is 1.30. The molecule has 5 heteroatoms. The van der Waals surface area contributed by atoms with Crippen LogP contribution in [0.1, 0.15) is 32.6 Å². The van der Waals surface area contributed by atoms with E-state index >= 15 is 0 Å². The summed E-state index contributed by atoms with van der Waals surface area (Å²) < 4.78 is 36.9. The van der Waals surface area contributed by atoms with Gasteiger partial charge in [0, 0.05) is 6.54 Å². The minimum atomic E-state index is -4.42. The van der Waals surface area contributed by atoms with Gasteiger partial charge >= 0.3 is 6.18 Å². The average Bonchev–Trinajstić information content (AvgIpc) is 2.22. The van der Waals surface area contributed by atoms with E-state index in [0.717, 1.165) is 19.3 Å². The van der Waals surface area contributed by atoms with Crippen LogP contribution >= 0.6 is 0 Å². The van der Waals surface area contributed by atoms with Crippen molar-refractivity contribution in [3.63, 3.8) is 0 Å². The zero-order valence-electron chi connectivity index (χ0n) is 10.1. The van der Waals surface area contributed by atoms with Crippen molar-refractivity contribution in [1.82, 2.24) is 5.32 Å². The normalized spacial score (nSPS) is 27.5. The molecule has 98 valence electrons. The highest BCUT2D eigenvalue weighted by atomic mass is 19.4. The highest BCUT2D eigenvalue weighted by molar-refractivity contribution is 4.90. The Bertz CT molecular complexity index is 270. The maximum absolute atomic E-state index is 12.3.